The number of ether oxygens (including phenoxy) is 1. The summed E-state index contributed by atoms with van der Waals surface area (Å²) in [6.07, 6.45) is 0. The molecular weight excluding hydrogens is 166 g/mol. The monoisotopic (exact) mass is 187 g/mol. The van der Waals surface area contributed by atoms with Crippen LogP contribution in [0.1, 0.15) is 0 Å². The summed E-state index contributed by atoms with van der Waals surface area (Å²) in [6, 6.07) is 0. The Kier molecular flexibility index (Phi) is 5.31. The van der Waals surface area contributed by atoms with Crippen LogP contribution in [0.25, 0.3) is 0 Å². The van der Waals surface area contributed by atoms with Crippen molar-refractivity contribution in [1.29, 1.82) is 0 Å². The molecule has 0 unspecified atom stereocenters. The summed E-state index contributed by atoms with van der Waals surface area (Å²) in [7, 11) is 3.91. The summed E-state index contributed by atoms with van der Waals surface area (Å²) < 4.78 is 4.96. The first kappa shape index (κ1) is 10.9. The van der Waals surface area contributed by atoms with Gasteiger partial charge >= 0.3 is 0 Å². The third kappa shape index (κ3) is 4.57. The second kappa shape index (κ2) is 6.32. The molecule has 1 N–H and O–H groups in total. The first-order valence-electron chi connectivity index (χ1n) is 4.93. The van der Waals surface area contributed by atoms with Crippen molar-refractivity contribution in [2.24, 2.45) is 0 Å². The van der Waals surface area contributed by atoms with Crippen LogP contribution in [0.5, 0.6) is 0 Å². The first-order chi connectivity index (χ1) is 6.33. The van der Waals surface area contributed by atoms with Crippen LogP contribution in [0, 0.1) is 0 Å². The van der Waals surface area contributed by atoms with Crippen molar-refractivity contribution >= 4 is 0 Å². The Labute approximate surface area is 80.8 Å². The van der Waals surface area contributed by atoms with Gasteiger partial charge in [0.2, 0.25) is 0 Å². The summed E-state index contributed by atoms with van der Waals surface area (Å²) in [5.74, 6) is 0. The van der Waals surface area contributed by atoms with Gasteiger partial charge in [0.25, 0.3) is 0 Å². The zero-order valence-corrected chi connectivity index (χ0v) is 8.75. The molecule has 0 amide bonds. The predicted octanol–water partition coefficient (Wildman–Crippen LogP) is -0.573. The number of hydrogen-bond acceptors (Lipinski definition) is 4. The average molecular weight is 187 g/mol. The Morgan fingerprint density at radius 3 is 2.54 bits per heavy atom. The van der Waals surface area contributed by atoms with E-state index in [-0.39, 0.29) is 0 Å². The lowest BCUT2D eigenvalue weighted by Gasteiger charge is -2.32. The topological polar surface area (TPSA) is 27.7 Å². The van der Waals surface area contributed by atoms with Gasteiger partial charge in [0.15, 0.2) is 0 Å². The van der Waals surface area contributed by atoms with Crippen LogP contribution in [0.3, 0.4) is 0 Å². The number of methoxy groups -OCH3 is 1. The molecule has 13 heavy (non-hydrogen) atoms. The van der Waals surface area contributed by atoms with E-state index in [4.69, 9.17) is 4.74 Å². The second-order valence-corrected chi connectivity index (χ2v) is 3.57. The largest absolute Gasteiger partial charge is 0.383 e. The molecule has 1 rings (SSSR count). The first-order valence-corrected chi connectivity index (χ1v) is 4.93. The van der Waals surface area contributed by atoms with E-state index in [1.807, 2.05) is 0 Å². The zero-order valence-electron chi connectivity index (χ0n) is 8.75. The maximum atomic E-state index is 4.96. The van der Waals surface area contributed by atoms with Gasteiger partial charge in [-0.15, -0.1) is 0 Å². The van der Waals surface area contributed by atoms with Gasteiger partial charge in [0.1, 0.15) is 0 Å². The molecule has 0 saturated carbocycles. The molecule has 0 aromatic rings. The van der Waals surface area contributed by atoms with Crippen LogP contribution in [0.4, 0.5) is 0 Å². The van der Waals surface area contributed by atoms with Gasteiger partial charge in [0, 0.05) is 46.5 Å². The summed E-state index contributed by atoms with van der Waals surface area (Å²) in [5.41, 5.74) is 0. The molecule has 0 spiro atoms. The summed E-state index contributed by atoms with van der Waals surface area (Å²) in [5, 5.41) is 3.35. The molecule has 4 heteroatoms. The lowest BCUT2D eigenvalue weighted by Crippen LogP contribution is -2.48. The normalized spacial score (nSPS) is 20.8. The van der Waals surface area contributed by atoms with Crippen LogP contribution in [0.15, 0.2) is 0 Å². The Morgan fingerprint density at radius 1 is 1.23 bits per heavy atom. The molecule has 1 saturated heterocycles. The number of likely N-dealkylation sites (N-methyl/N-ethyl adjacent to an activating group) is 1. The van der Waals surface area contributed by atoms with E-state index >= 15 is 0 Å². The predicted molar refractivity (Wildman–Crippen MR) is 53.8 cm³/mol. The smallest absolute Gasteiger partial charge is 0.0587 e. The van der Waals surface area contributed by atoms with Crippen LogP contribution in [-0.2, 0) is 4.74 Å². The second-order valence-electron chi connectivity index (χ2n) is 3.57. The molecule has 1 aliphatic heterocycles. The molecule has 0 aliphatic carbocycles. The van der Waals surface area contributed by atoms with Gasteiger partial charge in [0.05, 0.1) is 6.61 Å². The Morgan fingerprint density at radius 2 is 1.92 bits per heavy atom. The van der Waals surface area contributed by atoms with E-state index in [0.717, 1.165) is 19.8 Å². The minimum atomic E-state index is 0.799. The molecule has 0 radical (unpaired) electrons. The highest BCUT2D eigenvalue weighted by Crippen LogP contribution is 1.96. The minimum Gasteiger partial charge on any atom is -0.383 e. The average Bonchev–Trinajstić information content (AvgIpc) is 2.15. The summed E-state index contributed by atoms with van der Waals surface area (Å²) in [6.45, 7) is 7.47. The van der Waals surface area contributed by atoms with E-state index in [9.17, 15) is 0 Å². The number of rotatable bonds is 5. The van der Waals surface area contributed by atoms with E-state index in [0.29, 0.717) is 0 Å². The van der Waals surface area contributed by atoms with Gasteiger partial charge < -0.3 is 15.0 Å². The van der Waals surface area contributed by atoms with Crippen LogP contribution in [0.2, 0.25) is 0 Å². The molecule has 0 aromatic heterocycles. The van der Waals surface area contributed by atoms with Gasteiger partial charge in [-0.05, 0) is 7.05 Å². The maximum absolute atomic E-state index is 4.96. The fourth-order valence-corrected chi connectivity index (χ4v) is 1.42. The van der Waals surface area contributed by atoms with Gasteiger partial charge in [-0.2, -0.15) is 0 Å². The molecular formula is C9H21N3O. The molecule has 1 heterocycles. The molecule has 4 nitrogen and oxygen atoms in total. The number of piperazine rings is 1. The van der Waals surface area contributed by atoms with Crippen molar-refractivity contribution in [1.82, 2.24) is 15.1 Å². The molecule has 78 valence electrons. The van der Waals surface area contributed by atoms with E-state index in [2.05, 4.69) is 22.2 Å². The number of nitrogens with one attached hydrogen (secondary N) is 1. The maximum Gasteiger partial charge on any atom is 0.0587 e. The van der Waals surface area contributed by atoms with Crippen LogP contribution >= 0.6 is 0 Å². The summed E-state index contributed by atoms with van der Waals surface area (Å²) in [4.78, 5) is 4.81. The summed E-state index contributed by atoms with van der Waals surface area (Å²) >= 11 is 0. The zero-order chi connectivity index (χ0) is 9.52. The fourth-order valence-electron chi connectivity index (χ4n) is 1.42. The van der Waals surface area contributed by atoms with Crippen molar-refractivity contribution in [2.75, 3.05) is 60.2 Å². The van der Waals surface area contributed by atoms with E-state index in [1.165, 1.54) is 26.2 Å². The highest BCUT2D eigenvalue weighted by Gasteiger charge is 2.12. The lowest BCUT2D eigenvalue weighted by atomic mass is 10.3. The van der Waals surface area contributed by atoms with Gasteiger partial charge in [-0.1, -0.05) is 0 Å². The Bertz CT molecular complexity index is 124. The molecule has 1 fully saturated rings. The third-order valence-corrected chi connectivity index (χ3v) is 2.41. The van der Waals surface area contributed by atoms with Crippen LogP contribution in [-0.4, -0.2) is 70.0 Å². The number of nitrogens with zero attached hydrogens (tertiary/aromatic N) is 2. The fraction of sp³-hybridized carbons (Fsp3) is 1.00. The van der Waals surface area contributed by atoms with Crippen molar-refractivity contribution in [3.05, 3.63) is 0 Å². The SMILES string of the molecule is COCCNCN1CCN(C)CC1. The van der Waals surface area contributed by atoms with E-state index < -0.39 is 0 Å². The van der Waals surface area contributed by atoms with E-state index in [1.54, 1.807) is 7.11 Å². The van der Waals surface area contributed by atoms with Crippen LogP contribution < -0.4 is 5.32 Å². The third-order valence-electron chi connectivity index (χ3n) is 2.41. The highest BCUT2D eigenvalue weighted by molar-refractivity contribution is 4.67. The van der Waals surface area contributed by atoms with Gasteiger partial charge in [-0.3, -0.25) is 4.90 Å². The van der Waals surface area contributed by atoms with Gasteiger partial charge in [-0.25, -0.2) is 0 Å². The van der Waals surface area contributed by atoms with Crippen molar-refractivity contribution < 1.29 is 4.74 Å². The molecule has 0 atom stereocenters. The van der Waals surface area contributed by atoms with Crippen molar-refractivity contribution in [3.63, 3.8) is 0 Å². The quantitative estimate of drug-likeness (QED) is 0.583. The highest BCUT2D eigenvalue weighted by atomic mass is 16.5. The molecule has 0 aromatic carbocycles. The molecule has 1 aliphatic rings. The standard InChI is InChI=1S/C9H21N3O/c1-11-4-6-12(7-5-11)9-10-3-8-13-2/h10H,3-9H2,1-2H3. The number of hydrogen-bond donors (Lipinski definition) is 1. The van der Waals surface area contributed by atoms with Crippen molar-refractivity contribution in [2.45, 2.75) is 0 Å². The van der Waals surface area contributed by atoms with Crippen molar-refractivity contribution in [3.8, 4) is 0 Å². The Balaban J connectivity index is 1.96. The lowest BCUT2D eigenvalue weighted by molar-refractivity contribution is 0.137. The molecule has 0 bridgehead atoms. The Hall–Kier alpha value is -0.160. The minimum absolute atomic E-state index is 0.799.